The molecule has 102 valence electrons. The number of amides is 1. The largest absolute Gasteiger partial charge is 0.479 e. The van der Waals surface area contributed by atoms with Crippen molar-refractivity contribution in [2.24, 2.45) is 0 Å². The zero-order chi connectivity index (χ0) is 13.8. The molecule has 2 aromatic rings. The highest BCUT2D eigenvalue weighted by Crippen LogP contribution is 2.21. The van der Waals surface area contributed by atoms with E-state index in [1.165, 1.54) is 13.4 Å². The Hall–Kier alpha value is -1.89. The summed E-state index contributed by atoms with van der Waals surface area (Å²) in [4.78, 5) is 24.1. The maximum atomic E-state index is 11.6. The van der Waals surface area contributed by atoms with Crippen molar-refractivity contribution >= 4 is 28.7 Å². The highest BCUT2D eigenvalue weighted by Gasteiger charge is 2.17. The summed E-state index contributed by atoms with van der Waals surface area (Å²) in [6, 6.07) is 0. The number of nitrogens with one attached hydrogen (secondary N) is 1. The predicted molar refractivity (Wildman–Crippen MR) is 70.4 cm³/mol. The molecule has 0 radical (unpaired) electrons. The van der Waals surface area contributed by atoms with Crippen LogP contribution in [-0.4, -0.2) is 45.5 Å². The number of nitrogens with zero attached hydrogens (tertiary/aromatic N) is 4. The number of hydrogen-bond donors (Lipinski definition) is 1. The molecule has 19 heavy (non-hydrogen) atoms. The van der Waals surface area contributed by atoms with Gasteiger partial charge in [0.05, 0.1) is 7.11 Å². The van der Waals surface area contributed by atoms with Crippen LogP contribution in [0.1, 0.15) is 5.82 Å². The van der Waals surface area contributed by atoms with Gasteiger partial charge in [-0.15, -0.1) is 11.6 Å². The second kappa shape index (κ2) is 5.83. The Bertz CT molecular complexity index is 598. The van der Waals surface area contributed by atoms with Crippen LogP contribution in [0.2, 0.25) is 0 Å². The normalized spacial score (nSPS) is 10.7. The molecule has 1 amide bonds. The zero-order valence-electron chi connectivity index (χ0n) is 10.7. The van der Waals surface area contributed by atoms with Crippen molar-refractivity contribution in [1.29, 1.82) is 0 Å². The number of carbonyl (C=O) groups excluding carboxylic acids is 1. The van der Waals surface area contributed by atoms with Gasteiger partial charge in [-0.3, -0.25) is 4.79 Å². The lowest BCUT2D eigenvalue weighted by Crippen LogP contribution is -2.24. The number of likely N-dealkylation sites (N-methyl/N-ethyl adjacent to an activating group) is 1. The Balaban J connectivity index is 2.56. The number of aromatic nitrogens is 4. The Morgan fingerprint density at radius 2 is 2.32 bits per heavy atom. The molecule has 0 saturated heterocycles. The Morgan fingerprint density at radius 1 is 1.53 bits per heavy atom. The minimum atomic E-state index is -0.132. The van der Waals surface area contributed by atoms with E-state index in [1.807, 2.05) is 0 Å². The van der Waals surface area contributed by atoms with Crippen LogP contribution in [0, 0.1) is 0 Å². The summed E-state index contributed by atoms with van der Waals surface area (Å²) < 4.78 is 6.87. The molecule has 0 aromatic carbocycles. The molecule has 1 N–H and O–H groups in total. The molecule has 0 aliphatic carbocycles. The molecule has 2 heterocycles. The molecule has 0 saturated carbocycles. The summed E-state index contributed by atoms with van der Waals surface area (Å²) >= 11 is 5.76. The van der Waals surface area contributed by atoms with Crippen molar-refractivity contribution in [3.63, 3.8) is 0 Å². The number of fused-ring (bicyclic) bond motifs is 1. The van der Waals surface area contributed by atoms with Crippen molar-refractivity contribution in [3.05, 3.63) is 12.2 Å². The SMILES string of the molecule is CNC(=O)Cn1c(CCCl)nc2c(OC)ncnc21. The third-order valence-corrected chi connectivity index (χ3v) is 2.86. The standard InChI is InChI=1S/C11H14ClN5O2/c1-13-8(18)5-17-7(3-4-12)16-9-10(17)14-6-15-11(9)19-2/h6H,3-5H2,1-2H3,(H,13,18). The van der Waals surface area contributed by atoms with E-state index in [0.717, 1.165) is 0 Å². The molecule has 0 spiro atoms. The van der Waals surface area contributed by atoms with Crippen molar-refractivity contribution in [3.8, 4) is 5.88 Å². The molecule has 8 heteroatoms. The fourth-order valence-electron chi connectivity index (χ4n) is 1.77. The van der Waals surface area contributed by atoms with Crippen LogP contribution in [0.5, 0.6) is 5.88 Å². The van der Waals surface area contributed by atoms with E-state index < -0.39 is 0 Å². The van der Waals surface area contributed by atoms with Gasteiger partial charge in [0.25, 0.3) is 0 Å². The first-order chi connectivity index (χ1) is 9.21. The van der Waals surface area contributed by atoms with E-state index >= 15 is 0 Å². The lowest BCUT2D eigenvalue weighted by atomic mass is 10.4. The molecule has 0 fully saturated rings. The van der Waals surface area contributed by atoms with Gasteiger partial charge in [-0.2, -0.15) is 4.98 Å². The van der Waals surface area contributed by atoms with E-state index in [0.29, 0.717) is 35.2 Å². The minimum Gasteiger partial charge on any atom is -0.479 e. The number of ether oxygens (including phenoxy) is 1. The molecule has 2 aromatic heterocycles. The van der Waals surface area contributed by atoms with Crippen molar-refractivity contribution in [1.82, 2.24) is 24.8 Å². The Kier molecular flexibility index (Phi) is 4.16. The number of imidazole rings is 1. The van der Waals surface area contributed by atoms with Gasteiger partial charge in [0.1, 0.15) is 18.7 Å². The van der Waals surface area contributed by atoms with Crippen LogP contribution < -0.4 is 10.1 Å². The smallest absolute Gasteiger partial charge is 0.245 e. The van der Waals surface area contributed by atoms with E-state index in [-0.39, 0.29) is 12.5 Å². The summed E-state index contributed by atoms with van der Waals surface area (Å²) in [6.45, 7) is 0.138. The van der Waals surface area contributed by atoms with Gasteiger partial charge < -0.3 is 14.6 Å². The molecule has 0 aliphatic heterocycles. The van der Waals surface area contributed by atoms with Crippen LogP contribution in [-0.2, 0) is 17.8 Å². The molecule has 0 aliphatic rings. The van der Waals surface area contributed by atoms with Crippen molar-refractivity contribution in [2.45, 2.75) is 13.0 Å². The van der Waals surface area contributed by atoms with Gasteiger partial charge in [-0.25, -0.2) is 9.97 Å². The number of aryl methyl sites for hydroxylation is 1. The summed E-state index contributed by atoms with van der Waals surface area (Å²) in [5.74, 6) is 1.35. The molecule has 0 bridgehead atoms. The van der Waals surface area contributed by atoms with E-state index in [1.54, 1.807) is 11.6 Å². The Morgan fingerprint density at radius 3 is 2.95 bits per heavy atom. The summed E-state index contributed by atoms with van der Waals surface area (Å²) in [6.07, 6.45) is 1.92. The number of methoxy groups -OCH3 is 1. The average Bonchev–Trinajstić information content (AvgIpc) is 2.77. The first kappa shape index (κ1) is 13.5. The lowest BCUT2D eigenvalue weighted by Gasteiger charge is -2.06. The summed E-state index contributed by atoms with van der Waals surface area (Å²) in [5, 5.41) is 2.57. The van der Waals surface area contributed by atoms with Gasteiger partial charge in [0, 0.05) is 19.3 Å². The second-order valence-electron chi connectivity index (χ2n) is 3.78. The highest BCUT2D eigenvalue weighted by molar-refractivity contribution is 6.17. The lowest BCUT2D eigenvalue weighted by molar-refractivity contribution is -0.121. The number of alkyl halides is 1. The second-order valence-corrected chi connectivity index (χ2v) is 4.16. The fraction of sp³-hybridized carbons (Fsp3) is 0.455. The van der Waals surface area contributed by atoms with Crippen molar-refractivity contribution in [2.75, 3.05) is 20.0 Å². The first-order valence-corrected chi connectivity index (χ1v) is 6.25. The van der Waals surface area contributed by atoms with Gasteiger partial charge in [-0.1, -0.05) is 0 Å². The fourth-order valence-corrected chi connectivity index (χ4v) is 1.94. The van der Waals surface area contributed by atoms with Crippen LogP contribution in [0.25, 0.3) is 11.2 Å². The number of halogens is 1. The molecule has 7 nitrogen and oxygen atoms in total. The quantitative estimate of drug-likeness (QED) is 0.802. The van der Waals surface area contributed by atoms with Crippen LogP contribution in [0.4, 0.5) is 0 Å². The molecular weight excluding hydrogens is 270 g/mol. The van der Waals surface area contributed by atoms with Gasteiger partial charge in [0.2, 0.25) is 11.8 Å². The van der Waals surface area contributed by atoms with Gasteiger partial charge in [-0.05, 0) is 0 Å². The first-order valence-electron chi connectivity index (χ1n) is 5.72. The maximum absolute atomic E-state index is 11.6. The maximum Gasteiger partial charge on any atom is 0.245 e. The van der Waals surface area contributed by atoms with Crippen LogP contribution in [0.15, 0.2) is 6.33 Å². The summed E-state index contributed by atoms with van der Waals surface area (Å²) in [5.41, 5.74) is 1.10. The average molecular weight is 284 g/mol. The van der Waals surface area contributed by atoms with Gasteiger partial charge >= 0.3 is 0 Å². The highest BCUT2D eigenvalue weighted by atomic mass is 35.5. The third kappa shape index (κ3) is 2.60. The topological polar surface area (TPSA) is 81.9 Å². The minimum absolute atomic E-state index is 0.132. The number of rotatable bonds is 5. The van der Waals surface area contributed by atoms with Crippen LogP contribution in [0.3, 0.4) is 0 Å². The molecule has 0 atom stereocenters. The van der Waals surface area contributed by atoms with Crippen molar-refractivity contribution < 1.29 is 9.53 Å². The van der Waals surface area contributed by atoms with E-state index in [4.69, 9.17) is 16.3 Å². The summed E-state index contributed by atoms with van der Waals surface area (Å²) in [7, 11) is 3.10. The molecule has 0 unspecified atom stereocenters. The number of carbonyl (C=O) groups is 1. The van der Waals surface area contributed by atoms with Gasteiger partial charge in [0.15, 0.2) is 11.2 Å². The van der Waals surface area contributed by atoms with Crippen LogP contribution >= 0.6 is 11.6 Å². The van der Waals surface area contributed by atoms with E-state index in [9.17, 15) is 4.79 Å². The Labute approximate surface area is 115 Å². The zero-order valence-corrected chi connectivity index (χ0v) is 11.4. The third-order valence-electron chi connectivity index (χ3n) is 2.67. The molecule has 2 rings (SSSR count). The number of hydrogen-bond acceptors (Lipinski definition) is 5. The van der Waals surface area contributed by atoms with E-state index in [2.05, 4.69) is 20.3 Å². The predicted octanol–water partition coefficient (Wildman–Crippen LogP) is 0.362. The monoisotopic (exact) mass is 283 g/mol. The molecular formula is C11H14ClN5O2.